The van der Waals surface area contributed by atoms with Gasteiger partial charge >= 0.3 is 5.97 Å². The second-order valence-corrected chi connectivity index (χ2v) is 6.97. The Balaban J connectivity index is 2.38. The van der Waals surface area contributed by atoms with E-state index in [-0.39, 0.29) is 22.8 Å². The monoisotopic (exact) mass is 325 g/mol. The summed E-state index contributed by atoms with van der Waals surface area (Å²) in [5.41, 5.74) is -0.633. The topological polar surface area (TPSA) is 96.6 Å². The summed E-state index contributed by atoms with van der Waals surface area (Å²) in [4.78, 5) is 10.9. The highest BCUT2D eigenvalue weighted by atomic mass is 32.2. The van der Waals surface area contributed by atoms with Crippen molar-refractivity contribution >= 4 is 16.0 Å². The largest absolute Gasteiger partial charge is 0.475 e. The van der Waals surface area contributed by atoms with Crippen LogP contribution < -0.4 is 4.72 Å². The van der Waals surface area contributed by atoms with Crippen LogP contribution in [0.25, 0.3) is 0 Å². The van der Waals surface area contributed by atoms with Crippen molar-refractivity contribution in [3.63, 3.8) is 0 Å². The van der Waals surface area contributed by atoms with Gasteiger partial charge in [0, 0.05) is 18.0 Å². The minimum absolute atomic E-state index is 0.109. The van der Waals surface area contributed by atoms with Gasteiger partial charge in [-0.25, -0.2) is 17.9 Å². The highest BCUT2D eigenvalue weighted by molar-refractivity contribution is 7.89. The predicted octanol–water partition coefficient (Wildman–Crippen LogP) is 2.48. The molecule has 0 saturated heterocycles. The van der Waals surface area contributed by atoms with E-state index >= 15 is 0 Å². The van der Waals surface area contributed by atoms with Gasteiger partial charge in [-0.3, -0.25) is 0 Å². The Morgan fingerprint density at radius 2 is 2.14 bits per heavy atom. The van der Waals surface area contributed by atoms with E-state index in [0.29, 0.717) is 19.3 Å². The fourth-order valence-electron chi connectivity index (χ4n) is 2.60. The average molecular weight is 325 g/mol. The first-order chi connectivity index (χ1) is 10.3. The van der Waals surface area contributed by atoms with Gasteiger partial charge in [-0.1, -0.05) is 25.2 Å². The lowest BCUT2D eigenvalue weighted by Crippen LogP contribution is -2.46. The molecule has 0 unspecified atom stereocenters. The van der Waals surface area contributed by atoms with Crippen LogP contribution in [0.15, 0.2) is 40.2 Å². The standard InChI is InChI=1S/C15H19NO5S/c1-3-7-15(8-5-6-9-15)16-22(19,20)13-10-12(14(17)18)21-11(13)4-2/h3,5-6,10,16H,1,4,7-9H2,2H3,(H,17,18). The second kappa shape index (κ2) is 6.10. The number of hydrogen-bond acceptors (Lipinski definition) is 4. The molecule has 6 nitrogen and oxygen atoms in total. The SMILES string of the molecule is C=CCC1(NS(=O)(=O)c2cc(C(=O)O)oc2CC)CC=CC1. The van der Waals surface area contributed by atoms with Crippen LogP contribution in [-0.2, 0) is 16.4 Å². The van der Waals surface area contributed by atoms with Crippen LogP contribution in [0.2, 0.25) is 0 Å². The molecule has 0 atom stereocenters. The predicted molar refractivity (Wildman–Crippen MR) is 81.3 cm³/mol. The molecule has 0 bridgehead atoms. The van der Waals surface area contributed by atoms with Gasteiger partial charge < -0.3 is 9.52 Å². The van der Waals surface area contributed by atoms with E-state index in [4.69, 9.17) is 9.52 Å². The Kier molecular flexibility index (Phi) is 4.58. The van der Waals surface area contributed by atoms with Gasteiger partial charge in [0.15, 0.2) is 0 Å². The number of sulfonamides is 1. The Morgan fingerprint density at radius 1 is 1.50 bits per heavy atom. The molecule has 2 rings (SSSR count). The number of rotatable bonds is 7. The zero-order valence-electron chi connectivity index (χ0n) is 12.3. The number of carbonyl (C=O) groups is 1. The van der Waals surface area contributed by atoms with Crippen LogP contribution in [-0.4, -0.2) is 25.0 Å². The number of aromatic carboxylic acids is 1. The van der Waals surface area contributed by atoms with Gasteiger partial charge in [0.2, 0.25) is 15.8 Å². The molecule has 1 aliphatic carbocycles. The fraction of sp³-hybridized carbons (Fsp3) is 0.400. The Morgan fingerprint density at radius 3 is 2.64 bits per heavy atom. The first-order valence-corrected chi connectivity index (χ1v) is 8.48. The van der Waals surface area contributed by atoms with Crippen molar-refractivity contribution in [2.75, 3.05) is 0 Å². The lowest BCUT2D eigenvalue weighted by atomic mass is 9.94. The zero-order chi connectivity index (χ0) is 16.4. The molecule has 0 aromatic carbocycles. The van der Waals surface area contributed by atoms with Crippen molar-refractivity contribution in [1.82, 2.24) is 4.72 Å². The van der Waals surface area contributed by atoms with E-state index in [1.165, 1.54) is 0 Å². The van der Waals surface area contributed by atoms with Crippen molar-refractivity contribution < 1.29 is 22.7 Å². The van der Waals surface area contributed by atoms with Crippen LogP contribution in [0.5, 0.6) is 0 Å². The highest BCUT2D eigenvalue weighted by Crippen LogP contribution is 2.31. The van der Waals surface area contributed by atoms with Gasteiger partial charge in [-0.15, -0.1) is 6.58 Å². The zero-order valence-corrected chi connectivity index (χ0v) is 13.1. The van der Waals surface area contributed by atoms with E-state index < -0.39 is 21.5 Å². The molecule has 22 heavy (non-hydrogen) atoms. The highest BCUT2D eigenvalue weighted by Gasteiger charge is 2.36. The smallest absolute Gasteiger partial charge is 0.371 e. The van der Waals surface area contributed by atoms with Crippen LogP contribution in [0.3, 0.4) is 0 Å². The van der Waals surface area contributed by atoms with E-state index in [9.17, 15) is 13.2 Å². The molecular weight excluding hydrogens is 306 g/mol. The Hall–Kier alpha value is -1.86. The third kappa shape index (κ3) is 3.15. The summed E-state index contributed by atoms with van der Waals surface area (Å²) in [5.74, 6) is -1.52. The molecule has 0 aliphatic heterocycles. The van der Waals surface area contributed by atoms with Crippen LogP contribution >= 0.6 is 0 Å². The average Bonchev–Trinajstić information content (AvgIpc) is 3.05. The van der Waals surface area contributed by atoms with E-state index in [1.807, 2.05) is 12.2 Å². The van der Waals surface area contributed by atoms with E-state index in [0.717, 1.165) is 6.07 Å². The second-order valence-electron chi connectivity index (χ2n) is 5.32. The summed E-state index contributed by atoms with van der Waals surface area (Å²) in [6.07, 6.45) is 7.44. The van der Waals surface area contributed by atoms with Gasteiger partial charge in [0.1, 0.15) is 10.7 Å². The molecule has 7 heteroatoms. The summed E-state index contributed by atoms with van der Waals surface area (Å²) in [6.45, 7) is 5.38. The van der Waals surface area contributed by atoms with Gasteiger partial charge in [0.05, 0.1) is 0 Å². The number of furan rings is 1. The quantitative estimate of drug-likeness (QED) is 0.751. The van der Waals surface area contributed by atoms with Gasteiger partial charge in [-0.2, -0.15) is 0 Å². The van der Waals surface area contributed by atoms with Crippen molar-refractivity contribution in [3.8, 4) is 0 Å². The maximum Gasteiger partial charge on any atom is 0.371 e. The molecule has 0 fully saturated rings. The maximum atomic E-state index is 12.7. The molecular formula is C15H19NO5S. The molecule has 0 saturated carbocycles. The van der Waals surface area contributed by atoms with Crippen molar-refractivity contribution in [1.29, 1.82) is 0 Å². The molecule has 1 aliphatic rings. The third-order valence-electron chi connectivity index (χ3n) is 3.66. The summed E-state index contributed by atoms with van der Waals surface area (Å²) in [5, 5.41) is 8.97. The van der Waals surface area contributed by atoms with Crippen molar-refractivity contribution in [2.45, 2.75) is 43.0 Å². The van der Waals surface area contributed by atoms with Crippen LogP contribution in [0.4, 0.5) is 0 Å². The summed E-state index contributed by atoms with van der Waals surface area (Å²) in [7, 11) is -3.87. The van der Waals surface area contributed by atoms with E-state index in [2.05, 4.69) is 11.3 Å². The summed E-state index contributed by atoms with van der Waals surface area (Å²) < 4.78 is 33.1. The Bertz CT molecular complexity index is 706. The minimum atomic E-state index is -3.87. The van der Waals surface area contributed by atoms with Crippen LogP contribution in [0, 0.1) is 0 Å². The van der Waals surface area contributed by atoms with Gasteiger partial charge in [0.25, 0.3) is 0 Å². The van der Waals surface area contributed by atoms with Crippen molar-refractivity contribution in [3.05, 3.63) is 42.4 Å². The van der Waals surface area contributed by atoms with E-state index in [1.54, 1.807) is 13.0 Å². The fourth-order valence-corrected chi connectivity index (χ4v) is 4.28. The molecule has 1 heterocycles. The first kappa shape index (κ1) is 16.5. The summed E-state index contributed by atoms with van der Waals surface area (Å²) >= 11 is 0. The number of nitrogens with one attached hydrogen (secondary N) is 1. The molecule has 2 N–H and O–H groups in total. The van der Waals surface area contributed by atoms with Crippen molar-refractivity contribution in [2.24, 2.45) is 0 Å². The molecule has 0 spiro atoms. The number of carboxylic acid groups (broad SMARTS) is 1. The summed E-state index contributed by atoms with van der Waals surface area (Å²) in [6, 6.07) is 1.06. The molecule has 0 amide bonds. The lowest BCUT2D eigenvalue weighted by molar-refractivity contribution is 0.0660. The minimum Gasteiger partial charge on any atom is -0.475 e. The normalized spacial score (nSPS) is 16.8. The first-order valence-electron chi connectivity index (χ1n) is 6.99. The molecule has 0 radical (unpaired) electrons. The number of carboxylic acids is 1. The molecule has 1 aromatic heterocycles. The third-order valence-corrected chi connectivity index (χ3v) is 5.29. The lowest BCUT2D eigenvalue weighted by Gasteiger charge is -2.28. The molecule has 1 aromatic rings. The number of aryl methyl sites for hydroxylation is 1. The van der Waals surface area contributed by atoms with Gasteiger partial charge in [-0.05, 0) is 19.3 Å². The Labute approximate surface area is 129 Å². The van der Waals surface area contributed by atoms with Crippen LogP contribution in [0.1, 0.15) is 42.5 Å². The maximum absolute atomic E-state index is 12.7. The molecule has 120 valence electrons. The number of hydrogen-bond donors (Lipinski definition) is 2.